The van der Waals surface area contributed by atoms with E-state index in [4.69, 9.17) is 0 Å². The van der Waals surface area contributed by atoms with E-state index in [9.17, 15) is 20.0 Å². The molecule has 2 aromatic rings. The normalized spacial score (nSPS) is 11.9. The lowest BCUT2D eigenvalue weighted by Gasteiger charge is -2.12. The van der Waals surface area contributed by atoms with Crippen molar-refractivity contribution in [3.63, 3.8) is 0 Å². The average molecular weight is 351 g/mol. The van der Waals surface area contributed by atoms with Crippen LogP contribution in [0.2, 0.25) is 0 Å². The van der Waals surface area contributed by atoms with Crippen molar-refractivity contribution in [2.24, 2.45) is 0 Å². The van der Waals surface area contributed by atoms with E-state index in [-0.39, 0.29) is 17.8 Å². The number of benzene rings is 1. The highest BCUT2D eigenvalue weighted by atomic mass is 79.9. The number of carboxylic acids is 1. The second-order valence-corrected chi connectivity index (χ2v) is 5.34. The largest absolute Gasteiger partial charge is 0.481 e. The fourth-order valence-corrected chi connectivity index (χ4v) is 2.41. The van der Waals surface area contributed by atoms with Crippen LogP contribution in [0, 0.1) is 10.1 Å². The summed E-state index contributed by atoms with van der Waals surface area (Å²) in [6.45, 7) is 0. The summed E-state index contributed by atoms with van der Waals surface area (Å²) in [4.78, 5) is 25.6. The van der Waals surface area contributed by atoms with Crippen LogP contribution in [0.3, 0.4) is 0 Å². The lowest BCUT2D eigenvalue weighted by Crippen LogP contribution is -2.16. The maximum absolute atomic E-state index is 11.4. The molecular formula is C14H11BrN2O4. The van der Waals surface area contributed by atoms with Crippen molar-refractivity contribution in [2.45, 2.75) is 12.3 Å². The van der Waals surface area contributed by atoms with E-state index in [1.54, 1.807) is 12.1 Å². The number of aliphatic carboxylic acids is 1. The summed E-state index contributed by atoms with van der Waals surface area (Å²) in [5.74, 6) is -2.00. The summed E-state index contributed by atoms with van der Waals surface area (Å²) in [7, 11) is 0. The minimum Gasteiger partial charge on any atom is -0.481 e. The van der Waals surface area contributed by atoms with Gasteiger partial charge in [-0.2, -0.15) is 0 Å². The molecule has 7 heteroatoms. The Morgan fingerprint density at radius 1 is 1.38 bits per heavy atom. The zero-order valence-electron chi connectivity index (χ0n) is 10.8. The lowest BCUT2D eigenvalue weighted by molar-refractivity contribution is -0.385. The summed E-state index contributed by atoms with van der Waals surface area (Å²) in [6.07, 6.45) is 1.47. The molecule has 1 atom stereocenters. The molecule has 1 unspecified atom stereocenters. The summed E-state index contributed by atoms with van der Waals surface area (Å²) < 4.78 is 0.844. The van der Waals surface area contributed by atoms with E-state index in [0.29, 0.717) is 0 Å². The van der Waals surface area contributed by atoms with E-state index in [1.807, 2.05) is 12.1 Å². The number of hydrogen-bond acceptors (Lipinski definition) is 4. The third-order valence-corrected chi connectivity index (χ3v) is 3.45. The van der Waals surface area contributed by atoms with Crippen LogP contribution in [0.5, 0.6) is 0 Å². The summed E-state index contributed by atoms with van der Waals surface area (Å²) in [6, 6.07) is 9.70. The van der Waals surface area contributed by atoms with E-state index >= 15 is 0 Å². The van der Waals surface area contributed by atoms with Gasteiger partial charge in [-0.05, 0) is 24.1 Å². The van der Waals surface area contributed by atoms with Crippen molar-refractivity contribution in [1.82, 2.24) is 4.98 Å². The molecule has 0 saturated carbocycles. The van der Waals surface area contributed by atoms with Gasteiger partial charge in [0.2, 0.25) is 0 Å². The highest BCUT2D eigenvalue weighted by Crippen LogP contribution is 2.24. The van der Waals surface area contributed by atoms with Crippen LogP contribution in [0.25, 0.3) is 0 Å². The van der Waals surface area contributed by atoms with Gasteiger partial charge >= 0.3 is 5.97 Å². The van der Waals surface area contributed by atoms with Crippen LogP contribution in [0.1, 0.15) is 17.2 Å². The van der Waals surface area contributed by atoms with Crippen molar-refractivity contribution in [3.8, 4) is 0 Å². The first-order chi connectivity index (χ1) is 9.97. The third-order valence-electron chi connectivity index (χ3n) is 2.96. The second kappa shape index (κ2) is 6.45. The van der Waals surface area contributed by atoms with Gasteiger partial charge in [0, 0.05) is 22.8 Å². The number of pyridine rings is 1. The van der Waals surface area contributed by atoms with Crippen LogP contribution in [0.15, 0.2) is 47.1 Å². The summed E-state index contributed by atoms with van der Waals surface area (Å²) in [5, 5.41) is 20.1. The van der Waals surface area contributed by atoms with Gasteiger partial charge in [-0.3, -0.25) is 19.9 Å². The Labute approximate surface area is 128 Å². The first-order valence-electron chi connectivity index (χ1n) is 6.05. The van der Waals surface area contributed by atoms with Gasteiger partial charge in [-0.25, -0.2) is 0 Å². The molecule has 1 N–H and O–H groups in total. The smallest absolute Gasteiger partial charge is 0.312 e. The molecule has 6 nitrogen and oxygen atoms in total. The highest BCUT2D eigenvalue weighted by Gasteiger charge is 2.23. The number of rotatable bonds is 5. The second-order valence-electron chi connectivity index (χ2n) is 4.42. The number of nitrogens with zero attached hydrogens (tertiary/aromatic N) is 2. The number of halogens is 1. The van der Waals surface area contributed by atoms with Gasteiger partial charge in [-0.15, -0.1) is 0 Å². The zero-order valence-corrected chi connectivity index (χ0v) is 12.4. The Morgan fingerprint density at radius 2 is 2.14 bits per heavy atom. The summed E-state index contributed by atoms with van der Waals surface area (Å²) >= 11 is 3.32. The molecule has 0 radical (unpaired) electrons. The predicted octanol–water partition coefficient (Wildman–Crippen LogP) is 3.16. The van der Waals surface area contributed by atoms with E-state index in [0.717, 1.165) is 10.0 Å². The Hall–Kier alpha value is -2.28. The molecule has 1 aromatic carbocycles. The van der Waals surface area contributed by atoms with Crippen molar-refractivity contribution in [2.75, 3.05) is 0 Å². The monoisotopic (exact) mass is 350 g/mol. The molecule has 0 aliphatic rings. The minimum atomic E-state index is -1.07. The molecule has 0 aliphatic heterocycles. The molecular weight excluding hydrogens is 340 g/mol. The van der Waals surface area contributed by atoms with Crippen LogP contribution in [0.4, 0.5) is 5.69 Å². The van der Waals surface area contributed by atoms with Gasteiger partial charge in [0.15, 0.2) is 0 Å². The zero-order chi connectivity index (χ0) is 15.4. The third kappa shape index (κ3) is 3.85. The number of carbonyl (C=O) groups is 1. The molecule has 0 bridgehead atoms. The molecule has 1 heterocycles. The Kier molecular flexibility index (Phi) is 4.64. The molecule has 0 spiro atoms. The Bertz CT molecular complexity index is 690. The minimum absolute atomic E-state index is 0.166. The molecule has 108 valence electrons. The van der Waals surface area contributed by atoms with Crippen molar-refractivity contribution >= 4 is 27.6 Å². The van der Waals surface area contributed by atoms with Gasteiger partial charge in [0.05, 0.1) is 10.6 Å². The SMILES string of the molecule is O=C(O)C(Cc1cccc(Br)c1)c1cc([N+](=O)[O-])ccn1. The number of hydrogen-bond donors (Lipinski definition) is 1. The topological polar surface area (TPSA) is 93.3 Å². The quantitative estimate of drug-likeness (QED) is 0.660. The fraction of sp³-hybridized carbons (Fsp3) is 0.143. The Balaban J connectivity index is 2.33. The number of carboxylic acid groups (broad SMARTS) is 1. The van der Waals surface area contributed by atoms with Crippen molar-refractivity contribution in [1.29, 1.82) is 0 Å². The fourth-order valence-electron chi connectivity index (χ4n) is 1.96. The maximum atomic E-state index is 11.4. The first-order valence-corrected chi connectivity index (χ1v) is 6.84. The van der Waals surface area contributed by atoms with Gasteiger partial charge in [0.25, 0.3) is 5.69 Å². The summed E-state index contributed by atoms with van der Waals surface area (Å²) in [5.41, 5.74) is 0.822. The lowest BCUT2D eigenvalue weighted by atomic mass is 9.95. The highest BCUT2D eigenvalue weighted by molar-refractivity contribution is 9.10. The Morgan fingerprint density at radius 3 is 2.76 bits per heavy atom. The molecule has 1 aromatic heterocycles. The van der Waals surface area contributed by atoms with Crippen LogP contribution in [-0.4, -0.2) is 21.0 Å². The molecule has 0 amide bonds. The van der Waals surface area contributed by atoms with E-state index < -0.39 is 16.8 Å². The maximum Gasteiger partial charge on any atom is 0.312 e. The molecule has 21 heavy (non-hydrogen) atoms. The van der Waals surface area contributed by atoms with Crippen LogP contribution >= 0.6 is 15.9 Å². The van der Waals surface area contributed by atoms with Crippen LogP contribution in [-0.2, 0) is 11.2 Å². The standard InChI is InChI=1S/C14H11BrN2O4/c15-10-3-1-2-9(6-10)7-12(14(18)19)13-8-11(17(20)21)4-5-16-13/h1-6,8,12H,7H2,(H,18,19). The average Bonchev–Trinajstić information content (AvgIpc) is 2.44. The molecule has 0 fully saturated rings. The van der Waals surface area contributed by atoms with Crippen molar-refractivity contribution in [3.05, 3.63) is 68.4 Å². The molecule has 2 rings (SSSR count). The van der Waals surface area contributed by atoms with E-state index in [2.05, 4.69) is 20.9 Å². The van der Waals surface area contributed by atoms with Crippen molar-refractivity contribution < 1.29 is 14.8 Å². The molecule has 0 aliphatic carbocycles. The van der Waals surface area contributed by atoms with Gasteiger partial charge in [-0.1, -0.05) is 28.1 Å². The van der Waals surface area contributed by atoms with Gasteiger partial charge in [0.1, 0.15) is 5.92 Å². The van der Waals surface area contributed by atoms with E-state index in [1.165, 1.54) is 18.3 Å². The first kappa shape index (κ1) is 15.1. The number of aromatic nitrogens is 1. The predicted molar refractivity (Wildman–Crippen MR) is 79.1 cm³/mol. The number of nitro groups is 1. The van der Waals surface area contributed by atoms with Crippen LogP contribution < -0.4 is 0 Å². The molecule has 0 saturated heterocycles. The van der Waals surface area contributed by atoms with Gasteiger partial charge < -0.3 is 5.11 Å².